The van der Waals surface area contributed by atoms with E-state index >= 15 is 0 Å². The molecule has 2 aromatic rings. The molecule has 0 radical (unpaired) electrons. The number of alkyl halides is 1. The molecule has 7 heteroatoms. The Labute approximate surface area is 157 Å². The minimum atomic E-state index is -1.57. The molecular weight excluding hydrogens is 355 g/mol. The Morgan fingerprint density at radius 1 is 1.11 bits per heavy atom. The number of piperazine rings is 1. The number of ether oxygens (including phenoxy) is 1. The van der Waals surface area contributed by atoms with Crippen LogP contribution in [0.4, 0.5) is 18.9 Å². The van der Waals surface area contributed by atoms with Crippen LogP contribution in [-0.2, 0) is 0 Å². The maximum Gasteiger partial charge on any atom is 0.182 e. The van der Waals surface area contributed by atoms with Crippen LogP contribution in [0.1, 0.15) is 17.4 Å². The van der Waals surface area contributed by atoms with E-state index in [9.17, 15) is 13.2 Å². The predicted octanol–water partition coefficient (Wildman–Crippen LogP) is 3.52. The van der Waals surface area contributed by atoms with Gasteiger partial charge in [0.1, 0.15) is 24.0 Å². The Kier molecular flexibility index (Phi) is 6.23. The Morgan fingerprint density at radius 2 is 1.85 bits per heavy atom. The van der Waals surface area contributed by atoms with Crippen molar-refractivity contribution in [3.63, 3.8) is 0 Å². The van der Waals surface area contributed by atoms with Crippen molar-refractivity contribution in [1.82, 2.24) is 9.80 Å². The minimum absolute atomic E-state index is 0.104. The van der Waals surface area contributed by atoms with Gasteiger partial charge in [-0.2, -0.15) is 0 Å². The van der Waals surface area contributed by atoms with Gasteiger partial charge in [-0.25, -0.2) is 13.2 Å². The second-order valence-corrected chi connectivity index (χ2v) is 6.71. The summed E-state index contributed by atoms with van der Waals surface area (Å²) in [6.45, 7) is 4.78. The first-order chi connectivity index (χ1) is 13.0. The molecule has 0 aromatic heterocycles. The van der Waals surface area contributed by atoms with Crippen LogP contribution in [-0.4, -0.2) is 49.1 Å². The van der Waals surface area contributed by atoms with Gasteiger partial charge in [-0.15, -0.1) is 0 Å². The van der Waals surface area contributed by atoms with Crippen LogP contribution in [0.2, 0.25) is 0 Å². The fraction of sp³-hybridized carbons (Fsp3) is 0.400. The molecule has 0 bridgehead atoms. The van der Waals surface area contributed by atoms with Crippen LogP contribution in [0.5, 0.6) is 5.75 Å². The summed E-state index contributed by atoms with van der Waals surface area (Å²) in [5.74, 6) is -0.742. The molecule has 3 rings (SSSR count). The van der Waals surface area contributed by atoms with Crippen LogP contribution >= 0.6 is 0 Å². The number of nitrogens with two attached hydrogens (primary N) is 1. The van der Waals surface area contributed by atoms with E-state index in [0.29, 0.717) is 45.0 Å². The molecule has 1 unspecified atom stereocenters. The molecule has 1 saturated heterocycles. The highest BCUT2D eigenvalue weighted by molar-refractivity contribution is 5.43. The third-order valence-electron chi connectivity index (χ3n) is 4.87. The summed E-state index contributed by atoms with van der Waals surface area (Å²) in [7, 11) is 0. The van der Waals surface area contributed by atoms with Crippen molar-refractivity contribution in [3.8, 4) is 5.75 Å². The van der Waals surface area contributed by atoms with Gasteiger partial charge in [0.05, 0.1) is 0 Å². The average molecular weight is 379 g/mol. The normalized spacial score (nSPS) is 17.0. The van der Waals surface area contributed by atoms with E-state index in [4.69, 9.17) is 10.5 Å². The largest absolute Gasteiger partial charge is 0.492 e. The van der Waals surface area contributed by atoms with Crippen LogP contribution < -0.4 is 10.5 Å². The first-order valence-electron chi connectivity index (χ1n) is 8.99. The monoisotopic (exact) mass is 379 g/mol. The fourth-order valence-corrected chi connectivity index (χ4v) is 3.17. The number of nitrogen functional groups attached to an aromatic ring is 1. The molecule has 0 amide bonds. The SMILES string of the molecule is Cc1c(F)ccc(C(F)N2CCN(CCOc3cccc(N)c3)CC2)c1F. The molecule has 1 fully saturated rings. The number of hydrogen-bond donors (Lipinski definition) is 1. The zero-order valence-electron chi connectivity index (χ0n) is 15.3. The van der Waals surface area contributed by atoms with Crippen molar-refractivity contribution < 1.29 is 17.9 Å². The lowest BCUT2D eigenvalue weighted by molar-refractivity contribution is 0.0254. The Balaban J connectivity index is 1.48. The van der Waals surface area contributed by atoms with Gasteiger partial charge in [0.15, 0.2) is 6.30 Å². The highest BCUT2D eigenvalue weighted by Crippen LogP contribution is 2.28. The molecule has 1 heterocycles. The van der Waals surface area contributed by atoms with Crippen LogP contribution in [0.15, 0.2) is 36.4 Å². The van der Waals surface area contributed by atoms with E-state index < -0.39 is 17.9 Å². The lowest BCUT2D eigenvalue weighted by atomic mass is 10.1. The molecule has 27 heavy (non-hydrogen) atoms. The first kappa shape index (κ1) is 19.5. The standard InChI is InChI=1S/C20H24F3N3O/c1-14-18(21)6-5-17(19(14)22)20(23)26-9-7-25(8-10-26)11-12-27-16-4-2-3-15(24)13-16/h2-6,13,20H,7-12,24H2,1H3. The topological polar surface area (TPSA) is 41.7 Å². The van der Waals surface area contributed by atoms with Crippen molar-refractivity contribution in [1.29, 1.82) is 0 Å². The van der Waals surface area contributed by atoms with Crippen molar-refractivity contribution in [2.24, 2.45) is 0 Å². The van der Waals surface area contributed by atoms with Gasteiger partial charge in [-0.05, 0) is 31.2 Å². The molecule has 2 aromatic carbocycles. The number of rotatable bonds is 6. The molecule has 0 spiro atoms. The minimum Gasteiger partial charge on any atom is -0.492 e. The number of hydrogen-bond acceptors (Lipinski definition) is 4. The van der Waals surface area contributed by atoms with E-state index in [1.165, 1.54) is 13.0 Å². The molecular formula is C20H24F3N3O. The van der Waals surface area contributed by atoms with Crippen LogP contribution in [0.25, 0.3) is 0 Å². The van der Waals surface area contributed by atoms with Gasteiger partial charge in [0.2, 0.25) is 0 Å². The maximum absolute atomic E-state index is 14.7. The summed E-state index contributed by atoms with van der Waals surface area (Å²) in [5.41, 5.74) is 6.12. The molecule has 146 valence electrons. The third-order valence-corrected chi connectivity index (χ3v) is 4.87. The quantitative estimate of drug-likeness (QED) is 0.616. The summed E-state index contributed by atoms with van der Waals surface area (Å²) < 4.78 is 48.0. The van der Waals surface area contributed by atoms with Crippen molar-refractivity contribution in [2.45, 2.75) is 13.2 Å². The second-order valence-electron chi connectivity index (χ2n) is 6.71. The summed E-state index contributed by atoms with van der Waals surface area (Å²) >= 11 is 0. The highest BCUT2D eigenvalue weighted by Gasteiger charge is 2.27. The van der Waals surface area contributed by atoms with Gasteiger partial charge in [-0.1, -0.05) is 6.07 Å². The molecule has 0 saturated carbocycles. The van der Waals surface area contributed by atoms with Crippen molar-refractivity contribution in [3.05, 3.63) is 59.2 Å². The lowest BCUT2D eigenvalue weighted by Crippen LogP contribution is -2.48. The zero-order valence-corrected chi connectivity index (χ0v) is 15.3. The Morgan fingerprint density at radius 3 is 2.56 bits per heavy atom. The van der Waals surface area contributed by atoms with E-state index in [-0.39, 0.29) is 11.1 Å². The van der Waals surface area contributed by atoms with E-state index in [0.717, 1.165) is 11.8 Å². The highest BCUT2D eigenvalue weighted by atomic mass is 19.1. The van der Waals surface area contributed by atoms with Gasteiger partial charge >= 0.3 is 0 Å². The lowest BCUT2D eigenvalue weighted by Gasteiger charge is -2.36. The van der Waals surface area contributed by atoms with Gasteiger partial charge in [0.25, 0.3) is 0 Å². The first-order valence-corrected chi connectivity index (χ1v) is 8.99. The summed E-state index contributed by atoms with van der Waals surface area (Å²) in [6, 6.07) is 9.55. The summed E-state index contributed by atoms with van der Waals surface area (Å²) in [5, 5.41) is 0. The molecule has 0 aliphatic carbocycles. The predicted molar refractivity (Wildman–Crippen MR) is 99.3 cm³/mol. The van der Waals surface area contributed by atoms with E-state index in [2.05, 4.69) is 4.90 Å². The smallest absolute Gasteiger partial charge is 0.182 e. The van der Waals surface area contributed by atoms with Gasteiger partial charge in [0, 0.05) is 55.6 Å². The van der Waals surface area contributed by atoms with Crippen molar-refractivity contribution in [2.75, 3.05) is 45.1 Å². The summed E-state index contributed by atoms with van der Waals surface area (Å²) in [6.07, 6.45) is -1.57. The molecule has 2 N–H and O–H groups in total. The van der Waals surface area contributed by atoms with Gasteiger partial charge in [-0.3, -0.25) is 9.80 Å². The van der Waals surface area contributed by atoms with E-state index in [1.807, 2.05) is 12.1 Å². The Bertz CT molecular complexity index is 779. The molecule has 1 aliphatic heterocycles. The fourth-order valence-electron chi connectivity index (χ4n) is 3.17. The van der Waals surface area contributed by atoms with Crippen LogP contribution in [0, 0.1) is 18.6 Å². The molecule has 1 aliphatic rings. The van der Waals surface area contributed by atoms with Crippen LogP contribution in [0.3, 0.4) is 0 Å². The number of anilines is 1. The summed E-state index contributed by atoms with van der Waals surface area (Å²) in [4.78, 5) is 3.74. The maximum atomic E-state index is 14.7. The van der Waals surface area contributed by atoms with Crippen molar-refractivity contribution >= 4 is 5.69 Å². The second kappa shape index (κ2) is 8.63. The van der Waals surface area contributed by atoms with Gasteiger partial charge < -0.3 is 10.5 Å². The Hall–Kier alpha value is -2.25. The average Bonchev–Trinajstić information content (AvgIpc) is 2.66. The number of benzene rings is 2. The number of halogens is 3. The zero-order chi connectivity index (χ0) is 19.4. The number of nitrogens with zero attached hydrogens (tertiary/aromatic N) is 2. The molecule has 1 atom stereocenters. The van der Waals surface area contributed by atoms with E-state index in [1.54, 1.807) is 17.0 Å². The molecule has 4 nitrogen and oxygen atoms in total. The third kappa shape index (κ3) is 4.73.